The van der Waals surface area contributed by atoms with Gasteiger partial charge in [-0.15, -0.1) is 0 Å². The molecule has 1 aromatic heterocycles. The summed E-state index contributed by atoms with van der Waals surface area (Å²) in [5, 5.41) is 27.1. The van der Waals surface area contributed by atoms with Crippen LogP contribution in [0.1, 0.15) is 42.4 Å². The highest BCUT2D eigenvalue weighted by Gasteiger charge is 2.32. The van der Waals surface area contributed by atoms with Crippen LogP contribution in [0.2, 0.25) is 0 Å². The second-order valence-electron chi connectivity index (χ2n) is 11.1. The van der Waals surface area contributed by atoms with Gasteiger partial charge in [0.2, 0.25) is 0 Å². The summed E-state index contributed by atoms with van der Waals surface area (Å²) in [6, 6.07) is 34.8. The summed E-state index contributed by atoms with van der Waals surface area (Å²) in [7, 11) is 0. The number of rotatable bonds is 4. The molecule has 6 aromatic carbocycles. The van der Waals surface area contributed by atoms with E-state index in [-0.39, 0.29) is 17.4 Å². The van der Waals surface area contributed by atoms with Crippen LogP contribution in [0.5, 0.6) is 23.0 Å². The Morgan fingerprint density at radius 2 is 1.27 bits per heavy atom. The zero-order valence-corrected chi connectivity index (χ0v) is 22.8. The zero-order chi connectivity index (χ0) is 27.7. The summed E-state index contributed by atoms with van der Waals surface area (Å²) in [4.78, 5) is 0. The number of phenolic OH excluding ortho intramolecular Hbond substituents is 2. The number of hydrogen-bond acceptors (Lipinski definition) is 3. The molecule has 0 aliphatic carbocycles. The number of nitrogens with zero attached hydrogens (tertiary/aromatic N) is 1. The van der Waals surface area contributed by atoms with Gasteiger partial charge in [-0.05, 0) is 88.1 Å². The molecule has 0 amide bonds. The number of hydrogen-bond donors (Lipinski definition) is 2. The van der Waals surface area contributed by atoms with Crippen molar-refractivity contribution >= 4 is 43.4 Å². The largest absolute Gasteiger partial charge is 0.508 e. The maximum Gasteiger partial charge on any atom is 0.132 e. The Morgan fingerprint density at radius 3 is 1.93 bits per heavy atom. The van der Waals surface area contributed by atoms with Gasteiger partial charge in [0.15, 0.2) is 0 Å². The van der Waals surface area contributed by atoms with Crippen molar-refractivity contribution in [3.05, 3.63) is 120 Å². The Bertz CT molecular complexity index is 2070. The highest BCUT2D eigenvalue weighted by Crippen LogP contribution is 2.53. The van der Waals surface area contributed by atoms with Gasteiger partial charge in [-0.3, -0.25) is 0 Å². The summed E-state index contributed by atoms with van der Waals surface area (Å²) in [6.45, 7) is 3.23. The van der Waals surface area contributed by atoms with Crippen LogP contribution in [-0.4, -0.2) is 14.8 Å². The minimum atomic E-state index is -0.114. The Labute approximate surface area is 237 Å². The Morgan fingerprint density at radius 1 is 0.634 bits per heavy atom. The van der Waals surface area contributed by atoms with E-state index in [1.165, 1.54) is 27.4 Å². The summed E-state index contributed by atoms with van der Waals surface area (Å²) >= 11 is 0. The molecule has 2 heterocycles. The third-order valence-corrected chi connectivity index (χ3v) is 8.67. The number of fused-ring (bicyclic) bond motifs is 9. The maximum atomic E-state index is 10.3. The van der Waals surface area contributed by atoms with Gasteiger partial charge < -0.3 is 19.5 Å². The Hall–Kier alpha value is -4.96. The number of unbranched alkanes of at least 4 members (excludes halogenated alkanes) is 1. The van der Waals surface area contributed by atoms with Gasteiger partial charge in [-0.2, -0.15) is 0 Å². The van der Waals surface area contributed by atoms with Gasteiger partial charge in [0.25, 0.3) is 0 Å². The van der Waals surface area contributed by atoms with Gasteiger partial charge in [0.1, 0.15) is 23.0 Å². The SMILES string of the molecule is CCCCn1c2ccccc2c2cc(C3c4c(ccc5cc(O)ccc45)Oc4ccc5cc(O)ccc5c43)ccc21. The zero-order valence-electron chi connectivity index (χ0n) is 22.8. The van der Waals surface area contributed by atoms with Gasteiger partial charge in [0, 0.05) is 45.4 Å². The number of benzene rings is 6. The lowest BCUT2D eigenvalue weighted by molar-refractivity contribution is 0.455. The maximum absolute atomic E-state index is 10.3. The summed E-state index contributed by atoms with van der Waals surface area (Å²) < 4.78 is 9.04. The standard InChI is InChI=1S/C37H29NO3/c1-2-3-18-38-31-7-5-4-6-29(31)30-21-24(8-15-32(30)38)35-36-27-13-11-25(39)19-22(27)9-16-33(36)41-34-17-10-23-20-26(40)12-14-28(23)37(34)35/h4-17,19-21,35,39-40H,2-3,18H2,1H3. The van der Waals surface area contributed by atoms with E-state index < -0.39 is 0 Å². The monoisotopic (exact) mass is 535 g/mol. The average molecular weight is 536 g/mol. The molecule has 0 saturated carbocycles. The molecule has 4 nitrogen and oxygen atoms in total. The molecule has 8 rings (SSSR count). The van der Waals surface area contributed by atoms with Crippen molar-refractivity contribution in [2.45, 2.75) is 32.2 Å². The van der Waals surface area contributed by atoms with Crippen LogP contribution in [0.3, 0.4) is 0 Å². The molecule has 1 aliphatic rings. The minimum absolute atomic E-state index is 0.114. The molecule has 200 valence electrons. The fourth-order valence-electron chi connectivity index (χ4n) is 6.82. The molecule has 0 atom stereocenters. The van der Waals surface area contributed by atoms with Gasteiger partial charge >= 0.3 is 0 Å². The number of para-hydroxylation sites is 1. The lowest BCUT2D eigenvalue weighted by Gasteiger charge is -2.31. The van der Waals surface area contributed by atoms with E-state index in [0.29, 0.717) is 0 Å². The molecule has 2 N–H and O–H groups in total. The Kier molecular flexibility index (Phi) is 5.26. The quantitative estimate of drug-likeness (QED) is 0.236. The van der Waals surface area contributed by atoms with E-state index in [1.54, 1.807) is 12.1 Å². The summed E-state index contributed by atoms with van der Waals surface area (Å²) in [5.74, 6) is 2.02. The Balaban J connectivity index is 1.46. The average Bonchev–Trinajstić information content (AvgIpc) is 3.31. The van der Waals surface area contributed by atoms with Crippen molar-refractivity contribution < 1.29 is 14.9 Å². The molecule has 0 saturated heterocycles. The summed E-state index contributed by atoms with van der Waals surface area (Å²) in [5.41, 5.74) is 5.88. The topological polar surface area (TPSA) is 54.6 Å². The molecule has 41 heavy (non-hydrogen) atoms. The number of aromatic hydroxyl groups is 2. The van der Waals surface area contributed by atoms with Gasteiger partial charge in [-0.25, -0.2) is 0 Å². The van der Waals surface area contributed by atoms with Crippen molar-refractivity contribution in [3.8, 4) is 23.0 Å². The number of phenols is 2. The first-order valence-corrected chi connectivity index (χ1v) is 14.3. The first-order valence-electron chi connectivity index (χ1n) is 14.3. The number of ether oxygens (including phenoxy) is 1. The van der Waals surface area contributed by atoms with Crippen LogP contribution in [0.15, 0.2) is 103 Å². The number of aryl methyl sites for hydroxylation is 1. The first-order chi connectivity index (χ1) is 20.1. The van der Waals surface area contributed by atoms with Crippen LogP contribution in [0, 0.1) is 0 Å². The first kappa shape index (κ1) is 23.9. The predicted molar refractivity (Wildman–Crippen MR) is 167 cm³/mol. The van der Waals surface area contributed by atoms with Crippen LogP contribution >= 0.6 is 0 Å². The van der Waals surface area contributed by atoms with E-state index >= 15 is 0 Å². The van der Waals surface area contributed by atoms with E-state index in [0.717, 1.165) is 63.6 Å². The molecule has 7 aromatic rings. The van der Waals surface area contributed by atoms with Crippen LogP contribution < -0.4 is 4.74 Å². The highest BCUT2D eigenvalue weighted by molar-refractivity contribution is 6.08. The van der Waals surface area contributed by atoms with E-state index in [2.05, 4.69) is 54.0 Å². The van der Waals surface area contributed by atoms with Crippen molar-refractivity contribution in [2.75, 3.05) is 0 Å². The van der Waals surface area contributed by atoms with Crippen LogP contribution in [-0.2, 0) is 6.54 Å². The van der Waals surface area contributed by atoms with Gasteiger partial charge in [-0.1, -0.05) is 61.9 Å². The van der Waals surface area contributed by atoms with Crippen LogP contribution in [0.4, 0.5) is 0 Å². The lowest BCUT2D eigenvalue weighted by Crippen LogP contribution is -2.13. The van der Waals surface area contributed by atoms with E-state index in [9.17, 15) is 10.2 Å². The highest BCUT2D eigenvalue weighted by atomic mass is 16.5. The third kappa shape index (κ3) is 3.60. The second-order valence-corrected chi connectivity index (χ2v) is 11.1. The number of aromatic nitrogens is 1. The fraction of sp³-hybridized carbons (Fsp3) is 0.135. The van der Waals surface area contributed by atoms with Crippen molar-refractivity contribution in [2.24, 2.45) is 0 Å². The van der Waals surface area contributed by atoms with E-state index in [1.807, 2.05) is 48.5 Å². The molecular weight excluding hydrogens is 506 g/mol. The molecular formula is C37H29NO3. The van der Waals surface area contributed by atoms with E-state index in [4.69, 9.17) is 4.74 Å². The van der Waals surface area contributed by atoms with Crippen molar-refractivity contribution in [1.82, 2.24) is 4.57 Å². The molecule has 0 spiro atoms. The fourth-order valence-corrected chi connectivity index (χ4v) is 6.82. The predicted octanol–water partition coefficient (Wildman–Crippen LogP) is 9.60. The summed E-state index contributed by atoms with van der Waals surface area (Å²) in [6.07, 6.45) is 2.28. The normalized spacial score (nSPS) is 13.1. The van der Waals surface area contributed by atoms with Crippen LogP contribution in [0.25, 0.3) is 43.4 Å². The molecule has 4 heteroatoms. The molecule has 0 radical (unpaired) electrons. The minimum Gasteiger partial charge on any atom is -0.508 e. The molecule has 1 aliphatic heterocycles. The molecule has 0 bridgehead atoms. The van der Waals surface area contributed by atoms with Crippen molar-refractivity contribution in [3.63, 3.8) is 0 Å². The smallest absolute Gasteiger partial charge is 0.132 e. The lowest BCUT2D eigenvalue weighted by atomic mass is 9.78. The molecule has 0 fully saturated rings. The van der Waals surface area contributed by atoms with Gasteiger partial charge in [0.05, 0.1) is 0 Å². The molecule has 0 unspecified atom stereocenters. The second kappa shape index (κ2) is 9.03. The third-order valence-electron chi connectivity index (χ3n) is 8.67. The van der Waals surface area contributed by atoms with Crippen molar-refractivity contribution in [1.29, 1.82) is 0 Å².